The Balaban J connectivity index is 1.84. The lowest BCUT2D eigenvalue weighted by molar-refractivity contribution is -0.131. The van der Waals surface area contributed by atoms with Crippen LogP contribution in [-0.2, 0) is 30.8 Å². The van der Waals surface area contributed by atoms with Crippen LogP contribution in [0, 0.1) is 11.8 Å². The Bertz CT molecular complexity index is 1340. The number of fused-ring (bicyclic) bond motifs is 1. The highest BCUT2D eigenvalue weighted by atomic mass is 32.2. The number of carbonyl (C=O) groups excluding carboxylic acids is 2. The van der Waals surface area contributed by atoms with Gasteiger partial charge in [-0.2, -0.15) is 4.31 Å². The lowest BCUT2D eigenvalue weighted by Crippen LogP contribution is -2.57. The molecular formula is C32H48N4O8S. The maximum Gasteiger partial charge on any atom is 0.243 e. The number of nitrogens with zero attached hydrogens (tertiary/aromatic N) is 1. The zero-order valence-corrected chi connectivity index (χ0v) is 27.6. The third-order valence-corrected chi connectivity index (χ3v) is 9.44. The summed E-state index contributed by atoms with van der Waals surface area (Å²) in [5, 5.41) is 20.4. The van der Waals surface area contributed by atoms with Crippen LogP contribution < -0.4 is 25.4 Å². The summed E-state index contributed by atoms with van der Waals surface area (Å²) in [4.78, 5) is 26.4. The van der Waals surface area contributed by atoms with E-state index in [1.807, 2.05) is 58.0 Å². The number of sulfonamides is 1. The van der Waals surface area contributed by atoms with E-state index in [0.29, 0.717) is 31.1 Å². The molecule has 3 rings (SSSR count). The van der Waals surface area contributed by atoms with Crippen LogP contribution in [0.4, 0.5) is 0 Å². The fraction of sp³-hybridized carbons (Fsp3) is 0.562. The Morgan fingerprint density at radius 3 is 2.40 bits per heavy atom. The lowest BCUT2D eigenvalue weighted by Gasteiger charge is -2.32. The van der Waals surface area contributed by atoms with Crippen LogP contribution in [0.2, 0.25) is 0 Å². The van der Waals surface area contributed by atoms with Gasteiger partial charge in [0.05, 0.1) is 30.2 Å². The summed E-state index contributed by atoms with van der Waals surface area (Å²) in [5.74, 6) is -0.253. The molecule has 1 heterocycles. The maximum atomic E-state index is 13.9. The molecule has 2 aromatic carbocycles. The predicted octanol–water partition coefficient (Wildman–Crippen LogP) is 1.92. The van der Waals surface area contributed by atoms with Gasteiger partial charge >= 0.3 is 0 Å². The summed E-state index contributed by atoms with van der Waals surface area (Å²) >= 11 is 0. The Hall–Kier alpha value is -3.23. The number of ether oxygens (including phenoxy) is 3. The van der Waals surface area contributed by atoms with Gasteiger partial charge in [-0.3, -0.25) is 9.59 Å². The summed E-state index contributed by atoms with van der Waals surface area (Å²) in [6, 6.07) is 12.0. The summed E-state index contributed by atoms with van der Waals surface area (Å²) in [6.45, 7) is 8.40. The van der Waals surface area contributed by atoms with Crippen molar-refractivity contribution in [2.45, 2.75) is 63.6 Å². The molecule has 12 nitrogen and oxygen atoms in total. The molecule has 0 fully saturated rings. The third-order valence-electron chi connectivity index (χ3n) is 7.61. The van der Waals surface area contributed by atoms with Crippen molar-refractivity contribution < 1.29 is 37.3 Å². The van der Waals surface area contributed by atoms with E-state index in [1.54, 1.807) is 13.2 Å². The van der Waals surface area contributed by atoms with E-state index < -0.39 is 34.1 Å². The van der Waals surface area contributed by atoms with E-state index in [-0.39, 0.29) is 55.5 Å². The van der Waals surface area contributed by atoms with Crippen LogP contribution in [0.1, 0.15) is 39.7 Å². The second-order valence-electron chi connectivity index (χ2n) is 11.7. The summed E-state index contributed by atoms with van der Waals surface area (Å²) in [7, 11) is -2.49. The quantitative estimate of drug-likeness (QED) is 0.167. The molecule has 0 radical (unpaired) electrons. The van der Waals surface area contributed by atoms with Gasteiger partial charge in [-0.15, -0.1) is 0 Å². The fourth-order valence-corrected chi connectivity index (χ4v) is 6.56. The van der Waals surface area contributed by atoms with Crippen LogP contribution in [0.5, 0.6) is 11.5 Å². The van der Waals surface area contributed by atoms with Crippen LogP contribution in [-0.4, -0.2) is 94.5 Å². The van der Waals surface area contributed by atoms with Gasteiger partial charge in [-0.25, -0.2) is 8.42 Å². The van der Waals surface area contributed by atoms with Crippen LogP contribution in [0.25, 0.3) is 0 Å². The van der Waals surface area contributed by atoms with Crippen molar-refractivity contribution >= 4 is 21.8 Å². The minimum atomic E-state index is -4.06. The Labute approximate surface area is 266 Å². The normalized spacial score (nSPS) is 15.5. The van der Waals surface area contributed by atoms with E-state index in [0.717, 1.165) is 5.56 Å². The molecule has 4 atom stereocenters. The molecule has 0 saturated heterocycles. The summed E-state index contributed by atoms with van der Waals surface area (Å²) < 4.78 is 44.7. The molecule has 0 bridgehead atoms. The highest BCUT2D eigenvalue weighted by Gasteiger charge is 2.34. The topological polar surface area (TPSA) is 156 Å². The van der Waals surface area contributed by atoms with Gasteiger partial charge in [0, 0.05) is 32.8 Å². The van der Waals surface area contributed by atoms with Gasteiger partial charge in [0.2, 0.25) is 28.6 Å². The van der Waals surface area contributed by atoms with E-state index in [9.17, 15) is 23.1 Å². The van der Waals surface area contributed by atoms with Crippen molar-refractivity contribution in [3.05, 3.63) is 54.1 Å². The van der Waals surface area contributed by atoms with Crippen molar-refractivity contribution in [3.8, 4) is 11.5 Å². The first kappa shape index (κ1) is 36.2. The highest BCUT2D eigenvalue weighted by Crippen LogP contribution is 2.35. The number of nitrogens with one attached hydrogen (secondary N) is 3. The van der Waals surface area contributed by atoms with Gasteiger partial charge in [0.15, 0.2) is 11.5 Å². The van der Waals surface area contributed by atoms with E-state index in [1.165, 1.54) is 16.4 Å². The second kappa shape index (κ2) is 17.5. The standard InChI is InChI=1S/C32H48N4O8S/c1-6-23(4)31(35-30(38)18-33-14-15-42-5)32(39)34-26(16-24-10-8-7-9-11-24)27(37)20-36(19-22(2)3)45(40,41)25-12-13-28-29(17-25)44-21-43-28/h7-13,17,22-23,26-27,31,33,37H,6,14-16,18-21H2,1-5H3,(H,34,39)(H,35,38)/t23?,26-,27+,31-/m0/s1. The number of methoxy groups -OCH3 is 1. The fourth-order valence-electron chi connectivity index (χ4n) is 4.93. The number of hydrogen-bond donors (Lipinski definition) is 4. The first-order valence-electron chi connectivity index (χ1n) is 15.4. The van der Waals surface area contributed by atoms with Gasteiger partial charge in [0.1, 0.15) is 6.04 Å². The van der Waals surface area contributed by atoms with Crippen molar-refractivity contribution in [2.75, 3.05) is 46.7 Å². The average Bonchev–Trinajstić information content (AvgIpc) is 3.49. The number of hydrogen-bond acceptors (Lipinski definition) is 9. The maximum absolute atomic E-state index is 13.9. The minimum Gasteiger partial charge on any atom is -0.454 e. The molecule has 13 heteroatoms. The third kappa shape index (κ3) is 10.7. The Morgan fingerprint density at radius 2 is 1.73 bits per heavy atom. The molecule has 0 saturated carbocycles. The molecule has 1 aliphatic rings. The molecule has 2 amide bonds. The number of benzene rings is 2. The number of carbonyl (C=O) groups is 2. The van der Waals surface area contributed by atoms with Crippen molar-refractivity contribution in [3.63, 3.8) is 0 Å². The SMILES string of the molecule is CCC(C)[C@H](NC(=O)CNCCOC)C(=O)N[C@@H](Cc1ccccc1)[C@H](O)CN(CC(C)C)S(=O)(=O)c1ccc2c(c1)OCO2. The minimum absolute atomic E-state index is 0.0105. The van der Waals surface area contributed by atoms with Crippen LogP contribution in [0.3, 0.4) is 0 Å². The largest absolute Gasteiger partial charge is 0.454 e. The average molecular weight is 649 g/mol. The van der Waals surface area contributed by atoms with Gasteiger partial charge < -0.3 is 35.3 Å². The van der Waals surface area contributed by atoms with Gasteiger partial charge in [0.25, 0.3) is 0 Å². The number of aliphatic hydroxyl groups excluding tert-OH is 1. The molecule has 0 spiro atoms. The van der Waals surface area contributed by atoms with Crippen molar-refractivity contribution in [2.24, 2.45) is 11.8 Å². The predicted molar refractivity (Wildman–Crippen MR) is 170 cm³/mol. The molecule has 250 valence electrons. The van der Waals surface area contributed by atoms with Gasteiger partial charge in [-0.1, -0.05) is 64.4 Å². The van der Waals surface area contributed by atoms with Crippen LogP contribution in [0.15, 0.2) is 53.4 Å². The van der Waals surface area contributed by atoms with Crippen molar-refractivity contribution in [1.29, 1.82) is 0 Å². The first-order valence-corrected chi connectivity index (χ1v) is 16.8. The lowest BCUT2D eigenvalue weighted by atomic mass is 9.96. The van der Waals surface area contributed by atoms with Crippen molar-refractivity contribution in [1.82, 2.24) is 20.3 Å². The zero-order chi connectivity index (χ0) is 33.0. The van der Waals surface area contributed by atoms with E-state index in [4.69, 9.17) is 14.2 Å². The number of amides is 2. The molecular weight excluding hydrogens is 600 g/mol. The number of aliphatic hydroxyl groups is 1. The van der Waals surface area contributed by atoms with Gasteiger partial charge in [-0.05, 0) is 36.0 Å². The van der Waals surface area contributed by atoms with Crippen LogP contribution >= 0.6 is 0 Å². The van der Waals surface area contributed by atoms with E-state index >= 15 is 0 Å². The molecule has 0 aliphatic carbocycles. The first-order chi connectivity index (χ1) is 21.5. The van der Waals surface area contributed by atoms with E-state index in [2.05, 4.69) is 16.0 Å². The smallest absolute Gasteiger partial charge is 0.243 e. The number of rotatable bonds is 19. The Kier molecular flexibility index (Phi) is 14.1. The molecule has 0 aromatic heterocycles. The monoisotopic (exact) mass is 648 g/mol. The summed E-state index contributed by atoms with van der Waals surface area (Å²) in [6.07, 6.45) is -0.412. The molecule has 4 N–H and O–H groups in total. The molecule has 1 unspecified atom stereocenters. The molecule has 2 aromatic rings. The summed E-state index contributed by atoms with van der Waals surface area (Å²) in [5.41, 5.74) is 0.849. The molecule has 45 heavy (non-hydrogen) atoms. The second-order valence-corrected chi connectivity index (χ2v) is 13.6. The molecule has 1 aliphatic heterocycles. The Morgan fingerprint density at radius 1 is 1.02 bits per heavy atom. The highest BCUT2D eigenvalue weighted by molar-refractivity contribution is 7.89. The zero-order valence-electron chi connectivity index (χ0n) is 26.8.